The zero-order valence-corrected chi connectivity index (χ0v) is 10.5. The van der Waals surface area contributed by atoms with E-state index < -0.39 is 0 Å². The molecule has 2 fully saturated rings. The van der Waals surface area contributed by atoms with Crippen molar-refractivity contribution in [3.8, 4) is 0 Å². The molecule has 2 rings (SSSR count). The Hall–Kier alpha value is -0.610. The largest absolute Gasteiger partial charge is 0.381 e. The summed E-state index contributed by atoms with van der Waals surface area (Å²) in [5.74, 6) is 0.602. The van der Waals surface area contributed by atoms with Crippen LogP contribution in [-0.2, 0) is 9.53 Å². The molecule has 4 nitrogen and oxygen atoms in total. The van der Waals surface area contributed by atoms with E-state index in [2.05, 4.69) is 5.32 Å². The zero-order valence-electron chi connectivity index (χ0n) is 10.5. The van der Waals surface area contributed by atoms with E-state index in [1.54, 1.807) is 0 Å². The summed E-state index contributed by atoms with van der Waals surface area (Å²) in [5, 5.41) is 3.01. The van der Waals surface area contributed by atoms with E-state index in [4.69, 9.17) is 10.5 Å². The molecule has 0 aromatic heterocycles. The summed E-state index contributed by atoms with van der Waals surface area (Å²) in [4.78, 5) is 11.8. The van der Waals surface area contributed by atoms with Crippen molar-refractivity contribution in [3.63, 3.8) is 0 Å². The summed E-state index contributed by atoms with van der Waals surface area (Å²) in [5.41, 5.74) is 5.95. The minimum absolute atomic E-state index is 0.111. The van der Waals surface area contributed by atoms with Crippen molar-refractivity contribution < 1.29 is 9.53 Å². The van der Waals surface area contributed by atoms with Crippen molar-refractivity contribution >= 4 is 5.91 Å². The van der Waals surface area contributed by atoms with E-state index >= 15 is 0 Å². The third kappa shape index (κ3) is 3.96. The standard InChI is InChI=1S/C13H24N2O2/c14-13(5-1-2-6-13)8-12(16)15-9-11-4-3-7-17-10-11/h11H,1-10,14H2,(H,15,16). The van der Waals surface area contributed by atoms with Crippen LogP contribution in [0.3, 0.4) is 0 Å². The number of nitrogens with two attached hydrogens (primary N) is 1. The summed E-state index contributed by atoms with van der Waals surface area (Å²) < 4.78 is 5.39. The number of nitrogens with one attached hydrogen (secondary N) is 1. The van der Waals surface area contributed by atoms with Crippen LogP contribution >= 0.6 is 0 Å². The number of hydrogen-bond donors (Lipinski definition) is 2. The van der Waals surface area contributed by atoms with Gasteiger partial charge >= 0.3 is 0 Å². The normalized spacial score (nSPS) is 27.9. The van der Waals surface area contributed by atoms with E-state index in [1.807, 2.05) is 0 Å². The molecule has 1 saturated carbocycles. The molecule has 0 aromatic rings. The highest BCUT2D eigenvalue weighted by Gasteiger charge is 2.31. The van der Waals surface area contributed by atoms with Crippen LogP contribution in [0.2, 0.25) is 0 Å². The molecule has 0 aromatic carbocycles. The quantitative estimate of drug-likeness (QED) is 0.776. The van der Waals surface area contributed by atoms with Gasteiger partial charge in [-0.25, -0.2) is 0 Å². The Morgan fingerprint density at radius 2 is 2.12 bits per heavy atom. The van der Waals surface area contributed by atoms with Gasteiger partial charge in [0.15, 0.2) is 0 Å². The molecule has 1 saturated heterocycles. The van der Waals surface area contributed by atoms with Crippen molar-refractivity contribution in [1.29, 1.82) is 0 Å². The maximum Gasteiger partial charge on any atom is 0.221 e. The molecule has 1 aliphatic heterocycles. The van der Waals surface area contributed by atoms with Crippen LogP contribution in [0.15, 0.2) is 0 Å². The lowest BCUT2D eigenvalue weighted by Gasteiger charge is -2.25. The molecule has 1 atom stereocenters. The van der Waals surface area contributed by atoms with E-state index in [9.17, 15) is 4.79 Å². The summed E-state index contributed by atoms with van der Waals surface area (Å²) in [6.07, 6.45) is 7.08. The first-order valence-electron chi connectivity index (χ1n) is 6.81. The van der Waals surface area contributed by atoms with Crippen molar-refractivity contribution in [3.05, 3.63) is 0 Å². The first-order valence-corrected chi connectivity index (χ1v) is 6.81. The SMILES string of the molecule is NC1(CC(=O)NCC2CCCOC2)CCCC1. The van der Waals surface area contributed by atoms with Crippen LogP contribution in [0.1, 0.15) is 44.9 Å². The van der Waals surface area contributed by atoms with Crippen molar-refractivity contribution in [2.24, 2.45) is 11.7 Å². The molecule has 1 amide bonds. The predicted octanol–water partition coefficient (Wildman–Crippen LogP) is 1.19. The van der Waals surface area contributed by atoms with Crippen LogP contribution in [0.4, 0.5) is 0 Å². The maximum atomic E-state index is 11.8. The van der Waals surface area contributed by atoms with Gasteiger partial charge in [-0.05, 0) is 31.6 Å². The molecule has 2 aliphatic rings. The fourth-order valence-corrected chi connectivity index (χ4v) is 2.86. The van der Waals surface area contributed by atoms with Gasteiger partial charge in [-0.2, -0.15) is 0 Å². The molecule has 3 N–H and O–H groups in total. The van der Waals surface area contributed by atoms with Gasteiger partial charge in [0.05, 0.1) is 6.61 Å². The van der Waals surface area contributed by atoms with E-state index in [-0.39, 0.29) is 11.4 Å². The molecule has 1 unspecified atom stereocenters. The molecule has 1 aliphatic carbocycles. The fraction of sp³-hybridized carbons (Fsp3) is 0.923. The maximum absolute atomic E-state index is 11.8. The average molecular weight is 240 g/mol. The van der Waals surface area contributed by atoms with E-state index in [0.29, 0.717) is 12.3 Å². The highest BCUT2D eigenvalue weighted by molar-refractivity contribution is 5.77. The molecular weight excluding hydrogens is 216 g/mol. The van der Waals surface area contributed by atoms with Gasteiger partial charge in [0.25, 0.3) is 0 Å². The van der Waals surface area contributed by atoms with E-state index in [0.717, 1.165) is 45.4 Å². The summed E-state index contributed by atoms with van der Waals surface area (Å²) in [6, 6.07) is 0. The minimum Gasteiger partial charge on any atom is -0.381 e. The summed E-state index contributed by atoms with van der Waals surface area (Å²) in [7, 11) is 0. The highest BCUT2D eigenvalue weighted by Crippen LogP contribution is 2.29. The van der Waals surface area contributed by atoms with Gasteiger partial charge in [0, 0.05) is 25.1 Å². The molecule has 0 bridgehead atoms. The Labute approximate surface area is 103 Å². The first kappa shape index (κ1) is 12.8. The van der Waals surface area contributed by atoms with Crippen molar-refractivity contribution in [2.45, 2.75) is 50.5 Å². The number of carbonyl (C=O) groups excluding carboxylic acids is 1. The van der Waals surface area contributed by atoms with Gasteiger partial charge in [0.1, 0.15) is 0 Å². The Balaban J connectivity index is 1.66. The number of ether oxygens (including phenoxy) is 1. The minimum atomic E-state index is -0.229. The molecular formula is C13H24N2O2. The summed E-state index contributed by atoms with van der Waals surface area (Å²) >= 11 is 0. The smallest absolute Gasteiger partial charge is 0.221 e. The molecule has 17 heavy (non-hydrogen) atoms. The average Bonchev–Trinajstić information content (AvgIpc) is 2.74. The van der Waals surface area contributed by atoms with Crippen LogP contribution < -0.4 is 11.1 Å². The fourth-order valence-electron chi connectivity index (χ4n) is 2.86. The third-order valence-corrected chi connectivity index (χ3v) is 3.95. The monoisotopic (exact) mass is 240 g/mol. The predicted molar refractivity (Wildman–Crippen MR) is 66.6 cm³/mol. The second-order valence-electron chi connectivity index (χ2n) is 5.63. The van der Waals surface area contributed by atoms with Gasteiger partial charge < -0.3 is 15.8 Å². The topological polar surface area (TPSA) is 64.4 Å². The number of rotatable bonds is 4. The molecule has 0 radical (unpaired) electrons. The van der Waals surface area contributed by atoms with Crippen LogP contribution in [-0.4, -0.2) is 31.2 Å². The molecule has 0 spiro atoms. The lowest BCUT2D eigenvalue weighted by Crippen LogP contribution is -2.43. The van der Waals surface area contributed by atoms with Gasteiger partial charge in [-0.1, -0.05) is 12.8 Å². The Bertz CT molecular complexity index is 256. The number of carbonyl (C=O) groups is 1. The van der Waals surface area contributed by atoms with Crippen LogP contribution in [0.5, 0.6) is 0 Å². The van der Waals surface area contributed by atoms with Crippen molar-refractivity contribution in [1.82, 2.24) is 5.32 Å². The van der Waals surface area contributed by atoms with Crippen LogP contribution in [0.25, 0.3) is 0 Å². The second kappa shape index (κ2) is 5.83. The van der Waals surface area contributed by atoms with E-state index in [1.165, 1.54) is 12.8 Å². The van der Waals surface area contributed by atoms with Gasteiger partial charge in [-0.15, -0.1) is 0 Å². The summed E-state index contributed by atoms with van der Waals surface area (Å²) in [6.45, 7) is 2.40. The van der Waals surface area contributed by atoms with Gasteiger partial charge in [0.2, 0.25) is 5.91 Å². The Morgan fingerprint density at radius 3 is 2.76 bits per heavy atom. The number of amides is 1. The first-order chi connectivity index (χ1) is 8.18. The lowest BCUT2D eigenvalue weighted by molar-refractivity contribution is -0.122. The third-order valence-electron chi connectivity index (χ3n) is 3.95. The lowest BCUT2D eigenvalue weighted by atomic mass is 9.94. The number of hydrogen-bond acceptors (Lipinski definition) is 3. The second-order valence-corrected chi connectivity index (χ2v) is 5.63. The van der Waals surface area contributed by atoms with Crippen molar-refractivity contribution in [2.75, 3.05) is 19.8 Å². The Morgan fingerprint density at radius 1 is 1.35 bits per heavy atom. The van der Waals surface area contributed by atoms with Crippen LogP contribution in [0, 0.1) is 5.92 Å². The zero-order chi connectivity index (χ0) is 12.1. The molecule has 1 heterocycles. The molecule has 4 heteroatoms. The highest BCUT2D eigenvalue weighted by atomic mass is 16.5. The van der Waals surface area contributed by atoms with Gasteiger partial charge in [-0.3, -0.25) is 4.79 Å². The Kier molecular flexibility index (Phi) is 4.40. The molecule has 98 valence electrons.